The molecule has 0 nitrogen and oxygen atoms in total. The van der Waals surface area contributed by atoms with Gasteiger partial charge >= 0.3 is 0 Å². The number of benzene rings is 16. The first kappa shape index (κ1) is 50.6. The SMILES string of the molecule is c1ccc(-c2c3ccccc3c(-c3ccc4sc5c(-c6ccc(-c7c8ccccc8c(-c8ccc9sc%10c(-c%11ccccc%11)ccc(-c%11ccccc%11)c%10c9c8)c8ccccc78)cc6)cc(-c6ccc7ccccc7c6)cc5c4c3)c3ccccc23)cc1. The third-order valence-corrected chi connectivity index (χ3v) is 20.9. The lowest BCUT2D eigenvalue weighted by molar-refractivity contribution is 1.63. The Hall–Kier alpha value is -10.7. The van der Waals surface area contributed by atoms with Crippen molar-refractivity contribution in [3.05, 3.63) is 315 Å². The Morgan fingerprint density at radius 2 is 0.534 bits per heavy atom. The predicted molar refractivity (Wildman–Crippen MR) is 383 cm³/mol. The highest BCUT2D eigenvalue weighted by Gasteiger charge is 2.23. The molecule has 0 radical (unpaired) electrons. The second-order valence-corrected chi connectivity index (χ2v) is 25.4. The van der Waals surface area contributed by atoms with Crippen molar-refractivity contribution < 1.29 is 0 Å². The molecule has 0 amide bonds. The van der Waals surface area contributed by atoms with Crippen LogP contribution in [0.3, 0.4) is 0 Å². The lowest BCUT2D eigenvalue weighted by Crippen LogP contribution is -1.91. The van der Waals surface area contributed by atoms with E-state index in [0.29, 0.717) is 0 Å². The molecule has 16 aromatic carbocycles. The maximum atomic E-state index is 2.48. The Morgan fingerprint density at radius 1 is 0.170 bits per heavy atom. The number of hydrogen-bond donors (Lipinski definition) is 0. The molecule has 408 valence electrons. The molecule has 18 rings (SSSR count). The summed E-state index contributed by atoms with van der Waals surface area (Å²) in [4.78, 5) is 0. The molecule has 0 N–H and O–H groups in total. The van der Waals surface area contributed by atoms with Gasteiger partial charge in [0.2, 0.25) is 0 Å². The molecule has 2 heteroatoms. The van der Waals surface area contributed by atoms with Crippen molar-refractivity contribution >= 4 is 117 Å². The van der Waals surface area contributed by atoms with Gasteiger partial charge in [0.15, 0.2) is 0 Å². The van der Waals surface area contributed by atoms with Crippen molar-refractivity contribution in [1.29, 1.82) is 0 Å². The van der Waals surface area contributed by atoms with Crippen molar-refractivity contribution in [2.24, 2.45) is 0 Å². The quantitative estimate of drug-likeness (QED) is 0.133. The minimum absolute atomic E-state index is 1.20. The molecule has 0 saturated heterocycles. The summed E-state index contributed by atoms with van der Waals surface area (Å²) in [6.45, 7) is 0. The van der Waals surface area contributed by atoms with E-state index in [9.17, 15) is 0 Å². The lowest BCUT2D eigenvalue weighted by Gasteiger charge is -2.18. The summed E-state index contributed by atoms with van der Waals surface area (Å²) < 4.78 is 5.18. The van der Waals surface area contributed by atoms with Gasteiger partial charge in [0.25, 0.3) is 0 Å². The Balaban J connectivity index is 0.804. The van der Waals surface area contributed by atoms with Crippen LogP contribution >= 0.6 is 22.7 Å². The molecule has 2 aromatic heterocycles. The van der Waals surface area contributed by atoms with Crippen molar-refractivity contribution in [1.82, 2.24) is 0 Å². The van der Waals surface area contributed by atoms with E-state index < -0.39 is 0 Å². The van der Waals surface area contributed by atoms with Crippen LogP contribution in [0, 0.1) is 0 Å². The molecule has 88 heavy (non-hydrogen) atoms. The van der Waals surface area contributed by atoms with Gasteiger partial charge in [-0.15, -0.1) is 22.7 Å². The Kier molecular flexibility index (Phi) is 11.8. The fourth-order valence-corrected chi connectivity index (χ4v) is 16.9. The molecule has 0 spiro atoms. The van der Waals surface area contributed by atoms with E-state index in [1.165, 1.54) is 183 Å². The van der Waals surface area contributed by atoms with Crippen molar-refractivity contribution in [2.45, 2.75) is 0 Å². The molecule has 0 aliphatic rings. The Bertz CT molecular complexity index is 5720. The van der Waals surface area contributed by atoms with Crippen LogP contribution in [0.5, 0.6) is 0 Å². The highest BCUT2D eigenvalue weighted by Crippen LogP contribution is 2.51. The maximum Gasteiger partial charge on any atom is 0.0440 e. The summed E-state index contributed by atoms with van der Waals surface area (Å²) >= 11 is 3.81. The zero-order valence-electron chi connectivity index (χ0n) is 47.8. The minimum atomic E-state index is 1.20. The standard InChI is InChI=1S/C86H52S2/c1-4-21-54(22-5-1)64-44-45-65(55-23-6-2-7-24-55)86-84(64)77-50-62(43-47-79(77)88-86)83-72-34-18-14-30-68(72)81(69-31-15-19-35-73(69)83)58-39-37-56(38-40-58)74-51-63(60-41-36-53-20-10-11-27-59(53)48-60)52-76-75-49-61(42-46-78(75)87-85(74)76)82-70-32-16-12-28-66(70)80(57-25-8-3-9-26-57)67-29-13-17-33-71(67)82/h1-52H. The number of fused-ring (bicyclic) bond motifs is 11. The van der Waals surface area contributed by atoms with Gasteiger partial charge in [-0.05, 0) is 180 Å². The summed E-state index contributed by atoms with van der Waals surface area (Å²) in [5.74, 6) is 0. The van der Waals surface area contributed by atoms with Gasteiger partial charge in [-0.3, -0.25) is 0 Å². The first-order valence-electron chi connectivity index (χ1n) is 30.3. The van der Waals surface area contributed by atoms with E-state index in [1.54, 1.807) is 0 Å². The summed E-state index contributed by atoms with van der Waals surface area (Å²) in [6.07, 6.45) is 0. The van der Waals surface area contributed by atoms with Crippen molar-refractivity contribution in [3.8, 4) is 89.0 Å². The third kappa shape index (κ3) is 8.11. The fraction of sp³-hybridized carbons (Fsp3) is 0. The second kappa shape index (κ2) is 20.5. The third-order valence-electron chi connectivity index (χ3n) is 18.4. The molecule has 0 fully saturated rings. The molecule has 0 aliphatic heterocycles. The maximum absolute atomic E-state index is 2.48. The van der Waals surface area contributed by atoms with Crippen LogP contribution in [0.4, 0.5) is 0 Å². The lowest BCUT2D eigenvalue weighted by atomic mass is 9.85. The molecule has 2 heterocycles. The molecular weight excluding hydrogens is 1100 g/mol. The van der Waals surface area contributed by atoms with Gasteiger partial charge in [0, 0.05) is 45.9 Å². The van der Waals surface area contributed by atoms with E-state index in [-0.39, 0.29) is 0 Å². The monoisotopic (exact) mass is 1150 g/mol. The minimum Gasteiger partial charge on any atom is -0.135 e. The summed E-state index contributed by atoms with van der Waals surface area (Å²) in [7, 11) is 0. The van der Waals surface area contributed by atoms with Gasteiger partial charge in [-0.2, -0.15) is 0 Å². The predicted octanol–water partition coefficient (Wildman–Crippen LogP) is 25.5. The molecule has 0 aliphatic carbocycles. The van der Waals surface area contributed by atoms with Crippen LogP contribution < -0.4 is 0 Å². The molecule has 0 saturated carbocycles. The highest BCUT2D eigenvalue weighted by molar-refractivity contribution is 7.26. The normalized spacial score (nSPS) is 11.9. The van der Waals surface area contributed by atoms with Crippen LogP contribution in [-0.4, -0.2) is 0 Å². The van der Waals surface area contributed by atoms with Crippen LogP contribution in [0.15, 0.2) is 315 Å². The smallest absolute Gasteiger partial charge is 0.0440 e. The molecule has 18 aromatic rings. The molecule has 0 bridgehead atoms. The number of thiophene rings is 2. The van der Waals surface area contributed by atoms with Crippen LogP contribution in [0.25, 0.3) is 183 Å². The van der Waals surface area contributed by atoms with Crippen molar-refractivity contribution in [2.75, 3.05) is 0 Å². The Labute approximate surface area is 517 Å². The van der Waals surface area contributed by atoms with E-state index in [2.05, 4.69) is 315 Å². The molecular formula is C86H52S2. The average Bonchev–Trinajstić information content (AvgIpc) is 1.32. The van der Waals surface area contributed by atoms with E-state index in [1.807, 2.05) is 22.7 Å². The zero-order chi connectivity index (χ0) is 57.8. The van der Waals surface area contributed by atoms with Gasteiger partial charge in [0.1, 0.15) is 0 Å². The van der Waals surface area contributed by atoms with Gasteiger partial charge < -0.3 is 0 Å². The van der Waals surface area contributed by atoms with Crippen molar-refractivity contribution in [3.63, 3.8) is 0 Å². The number of rotatable bonds is 8. The topological polar surface area (TPSA) is 0 Å². The first-order valence-corrected chi connectivity index (χ1v) is 31.9. The fourth-order valence-electron chi connectivity index (χ4n) is 14.4. The van der Waals surface area contributed by atoms with E-state index in [4.69, 9.17) is 0 Å². The average molecular weight is 1150 g/mol. The summed E-state index contributed by atoms with van der Waals surface area (Å²) in [5.41, 5.74) is 19.8. The largest absolute Gasteiger partial charge is 0.135 e. The summed E-state index contributed by atoms with van der Waals surface area (Å²) in [6, 6.07) is 118. The van der Waals surface area contributed by atoms with Gasteiger partial charge in [0.05, 0.1) is 0 Å². The molecule has 0 atom stereocenters. The van der Waals surface area contributed by atoms with Gasteiger partial charge in [-0.25, -0.2) is 0 Å². The Morgan fingerprint density at radius 3 is 1.08 bits per heavy atom. The van der Waals surface area contributed by atoms with E-state index in [0.717, 1.165) is 0 Å². The van der Waals surface area contributed by atoms with Crippen LogP contribution in [0.2, 0.25) is 0 Å². The molecule has 0 unspecified atom stereocenters. The first-order chi connectivity index (χ1) is 43.6. The second-order valence-electron chi connectivity index (χ2n) is 23.3. The van der Waals surface area contributed by atoms with E-state index >= 15 is 0 Å². The number of hydrogen-bond acceptors (Lipinski definition) is 2. The highest BCUT2D eigenvalue weighted by atomic mass is 32.1. The van der Waals surface area contributed by atoms with Gasteiger partial charge in [-0.1, -0.05) is 273 Å². The van der Waals surface area contributed by atoms with Crippen LogP contribution in [-0.2, 0) is 0 Å². The zero-order valence-corrected chi connectivity index (χ0v) is 49.5. The summed E-state index contributed by atoms with van der Waals surface area (Å²) in [5, 5.41) is 17.7. The van der Waals surface area contributed by atoms with Crippen LogP contribution in [0.1, 0.15) is 0 Å².